The Bertz CT molecular complexity index is 866. The van der Waals surface area contributed by atoms with E-state index in [4.69, 9.17) is 4.74 Å². The lowest BCUT2D eigenvalue weighted by molar-refractivity contribution is 0.151. The first-order chi connectivity index (χ1) is 12.4. The van der Waals surface area contributed by atoms with Crippen molar-refractivity contribution < 1.29 is 13.2 Å². The number of sulfonamides is 1. The summed E-state index contributed by atoms with van der Waals surface area (Å²) < 4.78 is 34.2. The Kier molecular flexibility index (Phi) is 5.85. The van der Waals surface area contributed by atoms with E-state index in [1.807, 2.05) is 31.2 Å². The van der Waals surface area contributed by atoms with Gasteiger partial charge in [0.2, 0.25) is 10.0 Å². The van der Waals surface area contributed by atoms with Crippen LogP contribution in [0.4, 0.5) is 0 Å². The predicted molar refractivity (Wildman–Crippen MR) is 105 cm³/mol. The van der Waals surface area contributed by atoms with Crippen molar-refractivity contribution in [2.45, 2.75) is 50.1 Å². The fourth-order valence-electron chi connectivity index (χ4n) is 3.80. The van der Waals surface area contributed by atoms with Gasteiger partial charge in [0, 0.05) is 29.4 Å². The molecule has 6 heteroatoms. The minimum Gasteiger partial charge on any atom is -0.496 e. The number of hydrogen-bond acceptors (Lipinski definition) is 4. The normalized spacial score (nSPS) is 20.2. The second-order valence-electron chi connectivity index (χ2n) is 7.17. The fraction of sp³-hybridized carbons (Fsp3) is 0.500. The molecule has 0 aliphatic carbocycles. The highest BCUT2D eigenvalue weighted by Gasteiger charge is 2.24. The monoisotopic (exact) mass is 376 g/mol. The molecule has 1 saturated heterocycles. The molecule has 0 saturated carbocycles. The SMILES string of the molecule is COc1ccc(S(=O)(=O)NC(C)CN2CCCCC2C)c2ccccc12. The van der Waals surface area contributed by atoms with Gasteiger partial charge in [-0.2, -0.15) is 0 Å². The standard InChI is InChI=1S/C20H28N2O3S/c1-15(14-22-13-7-6-8-16(22)2)21-26(23,24)20-12-11-19(25-3)17-9-4-5-10-18(17)20/h4-5,9-12,15-16,21H,6-8,13-14H2,1-3H3. The summed E-state index contributed by atoms with van der Waals surface area (Å²) >= 11 is 0. The second-order valence-corrected chi connectivity index (χ2v) is 8.86. The Morgan fingerprint density at radius 3 is 2.62 bits per heavy atom. The highest BCUT2D eigenvalue weighted by Crippen LogP contribution is 2.30. The number of nitrogens with zero attached hydrogens (tertiary/aromatic N) is 1. The van der Waals surface area contributed by atoms with Gasteiger partial charge in [0.15, 0.2) is 0 Å². The van der Waals surface area contributed by atoms with E-state index in [0.717, 1.165) is 18.5 Å². The molecule has 142 valence electrons. The molecule has 26 heavy (non-hydrogen) atoms. The zero-order chi connectivity index (χ0) is 18.7. The fourth-order valence-corrected chi connectivity index (χ4v) is 5.25. The van der Waals surface area contributed by atoms with E-state index in [9.17, 15) is 8.42 Å². The first kappa shape index (κ1) is 19.1. The van der Waals surface area contributed by atoms with Crippen LogP contribution >= 0.6 is 0 Å². The van der Waals surface area contributed by atoms with Gasteiger partial charge >= 0.3 is 0 Å². The molecule has 0 bridgehead atoms. The summed E-state index contributed by atoms with van der Waals surface area (Å²) in [6, 6.07) is 11.1. The molecule has 3 rings (SSSR count). The summed E-state index contributed by atoms with van der Waals surface area (Å²) in [5, 5.41) is 1.48. The van der Waals surface area contributed by atoms with Gasteiger partial charge in [-0.3, -0.25) is 4.90 Å². The van der Waals surface area contributed by atoms with Crippen LogP contribution in [-0.4, -0.2) is 45.6 Å². The van der Waals surface area contributed by atoms with Gasteiger partial charge < -0.3 is 4.74 Å². The third-order valence-corrected chi connectivity index (χ3v) is 6.81. The molecule has 1 aliphatic heterocycles. The van der Waals surface area contributed by atoms with Crippen LogP contribution in [0.5, 0.6) is 5.75 Å². The zero-order valence-corrected chi connectivity index (χ0v) is 16.6. The number of methoxy groups -OCH3 is 1. The molecule has 0 aromatic heterocycles. The molecule has 2 aromatic carbocycles. The van der Waals surface area contributed by atoms with Crippen molar-refractivity contribution in [1.82, 2.24) is 9.62 Å². The summed E-state index contributed by atoms with van der Waals surface area (Å²) in [7, 11) is -2.02. The van der Waals surface area contributed by atoms with Crippen molar-refractivity contribution in [2.24, 2.45) is 0 Å². The Morgan fingerprint density at radius 2 is 1.92 bits per heavy atom. The average molecular weight is 377 g/mol. The molecule has 1 heterocycles. The molecular weight excluding hydrogens is 348 g/mol. The molecule has 1 fully saturated rings. The quantitative estimate of drug-likeness (QED) is 0.840. The maximum atomic E-state index is 13.0. The van der Waals surface area contributed by atoms with Crippen molar-refractivity contribution in [3.8, 4) is 5.75 Å². The molecular formula is C20H28N2O3S. The number of ether oxygens (including phenoxy) is 1. The molecule has 1 N–H and O–H groups in total. The van der Waals surface area contributed by atoms with Crippen LogP contribution in [0.1, 0.15) is 33.1 Å². The van der Waals surface area contributed by atoms with Crippen LogP contribution in [-0.2, 0) is 10.0 Å². The number of nitrogens with one attached hydrogen (secondary N) is 1. The van der Waals surface area contributed by atoms with E-state index in [0.29, 0.717) is 22.1 Å². The van der Waals surface area contributed by atoms with E-state index in [-0.39, 0.29) is 6.04 Å². The predicted octanol–water partition coefficient (Wildman–Crippen LogP) is 3.39. The number of benzene rings is 2. The third-order valence-electron chi connectivity index (χ3n) is 5.16. The van der Waals surface area contributed by atoms with Crippen LogP contribution in [0.2, 0.25) is 0 Å². The van der Waals surface area contributed by atoms with Gasteiger partial charge in [0.1, 0.15) is 5.75 Å². The zero-order valence-electron chi connectivity index (χ0n) is 15.7. The molecule has 0 amide bonds. The van der Waals surface area contributed by atoms with Crippen molar-refractivity contribution in [2.75, 3.05) is 20.2 Å². The molecule has 0 spiro atoms. The lowest BCUT2D eigenvalue weighted by Gasteiger charge is -2.35. The van der Waals surface area contributed by atoms with E-state index in [2.05, 4.69) is 16.5 Å². The Morgan fingerprint density at radius 1 is 1.19 bits per heavy atom. The van der Waals surface area contributed by atoms with Crippen molar-refractivity contribution in [1.29, 1.82) is 0 Å². The van der Waals surface area contributed by atoms with E-state index in [1.165, 1.54) is 19.3 Å². The van der Waals surface area contributed by atoms with Crippen LogP contribution < -0.4 is 9.46 Å². The van der Waals surface area contributed by atoms with Gasteiger partial charge in [-0.15, -0.1) is 0 Å². The second kappa shape index (κ2) is 7.94. The maximum absolute atomic E-state index is 13.0. The third kappa shape index (κ3) is 4.03. The number of likely N-dealkylation sites (tertiary alicyclic amines) is 1. The molecule has 1 aliphatic rings. The lowest BCUT2D eigenvalue weighted by atomic mass is 10.0. The van der Waals surface area contributed by atoms with E-state index >= 15 is 0 Å². The minimum atomic E-state index is -3.61. The number of fused-ring (bicyclic) bond motifs is 1. The van der Waals surface area contributed by atoms with Crippen LogP contribution in [0.25, 0.3) is 10.8 Å². The van der Waals surface area contributed by atoms with Crippen LogP contribution in [0.15, 0.2) is 41.3 Å². The summed E-state index contributed by atoms with van der Waals surface area (Å²) in [4.78, 5) is 2.68. The highest BCUT2D eigenvalue weighted by atomic mass is 32.2. The van der Waals surface area contributed by atoms with Crippen molar-refractivity contribution in [3.63, 3.8) is 0 Å². The van der Waals surface area contributed by atoms with Gasteiger partial charge in [0.25, 0.3) is 0 Å². The summed E-state index contributed by atoms with van der Waals surface area (Å²) in [6.07, 6.45) is 3.63. The minimum absolute atomic E-state index is 0.151. The molecule has 5 nitrogen and oxygen atoms in total. The molecule has 2 aromatic rings. The highest BCUT2D eigenvalue weighted by molar-refractivity contribution is 7.89. The first-order valence-corrected chi connectivity index (χ1v) is 10.7. The summed E-state index contributed by atoms with van der Waals surface area (Å²) in [5.41, 5.74) is 0. The van der Waals surface area contributed by atoms with Gasteiger partial charge in [-0.25, -0.2) is 13.1 Å². The summed E-state index contributed by atoms with van der Waals surface area (Å²) in [6.45, 7) is 5.93. The van der Waals surface area contributed by atoms with Gasteiger partial charge in [-0.1, -0.05) is 30.7 Å². The first-order valence-electron chi connectivity index (χ1n) is 9.24. The van der Waals surface area contributed by atoms with Gasteiger partial charge in [0.05, 0.1) is 12.0 Å². The van der Waals surface area contributed by atoms with E-state index < -0.39 is 10.0 Å². The molecule has 0 radical (unpaired) electrons. The summed E-state index contributed by atoms with van der Waals surface area (Å²) in [5.74, 6) is 0.676. The molecule has 2 atom stereocenters. The Labute approximate surface area is 156 Å². The Hall–Kier alpha value is -1.63. The van der Waals surface area contributed by atoms with Crippen molar-refractivity contribution in [3.05, 3.63) is 36.4 Å². The van der Waals surface area contributed by atoms with Crippen LogP contribution in [0.3, 0.4) is 0 Å². The Balaban J connectivity index is 1.83. The van der Waals surface area contributed by atoms with E-state index in [1.54, 1.807) is 19.2 Å². The number of piperidine rings is 1. The number of hydrogen-bond donors (Lipinski definition) is 1. The number of rotatable bonds is 6. The smallest absolute Gasteiger partial charge is 0.241 e. The van der Waals surface area contributed by atoms with Gasteiger partial charge in [-0.05, 0) is 45.4 Å². The topological polar surface area (TPSA) is 58.6 Å². The molecule has 2 unspecified atom stereocenters. The average Bonchev–Trinajstić information content (AvgIpc) is 2.62. The van der Waals surface area contributed by atoms with Crippen molar-refractivity contribution >= 4 is 20.8 Å². The maximum Gasteiger partial charge on any atom is 0.241 e. The lowest BCUT2D eigenvalue weighted by Crippen LogP contribution is -2.46. The van der Waals surface area contributed by atoms with Crippen LogP contribution in [0, 0.1) is 0 Å². The largest absolute Gasteiger partial charge is 0.496 e.